The number of hydrogen-bond acceptors (Lipinski definition) is 6. The fourth-order valence-electron chi connectivity index (χ4n) is 1.00. The molecule has 1 unspecified atom stereocenters. The van der Waals surface area contributed by atoms with Crippen molar-refractivity contribution in [2.45, 2.75) is 30.6 Å². The van der Waals surface area contributed by atoms with E-state index in [4.69, 9.17) is 26.3 Å². The minimum absolute atomic E-state index is 1.08. The van der Waals surface area contributed by atoms with Crippen LogP contribution < -0.4 is 5.73 Å². The van der Waals surface area contributed by atoms with Gasteiger partial charge in [0, 0.05) is 0 Å². The molecule has 0 amide bonds. The quantitative estimate of drug-likeness (QED) is 0.316. The van der Waals surface area contributed by atoms with E-state index in [9.17, 15) is 0 Å². The number of nitrogens with zero attached hydrogens (tertiary/aromatic N) is 1. The van der Waals surface area contributed by atoms with Gasteiger partial charge in [0.2, 0.25) is 0 Å². The van der Waals surface area contributed by atoms with Crippen molar-refractivity contribution in [1.82, 2.24) is 0 Å². The number of rotatable bonds is 0. The first-order chi connectivity index (χ1) is 5.57. The highest BCUT2D eigenvalue weighted by Gasteiger charge is 2.41. The second-order valence-electron chi connectivity index (χ2n) is 2.63. The van der Waals surface area contributed by atoms with Crippen LogP contribution in [0.25, 0.3) is 0 Å². The zero-order chi connectivity index (χ0) is 9.30. The zero-order valence-electron chi connectivity index (χ0n) is 6.16. The van der Waals surface area contributed by atoms with Gasteiger partial charge in [-0.3, -0.25) is 0 Å². The fourth-order valence-corrected chi connectivity index (χ4v) is 1.00. The van der Waals surface area contributed by atoms with E-state index in [2.05, 4.69) is 4.74 Å². The van der Waals surface area contributed by atoms with E-state index in [0.29, 0.717) is 0 Å². The number of aliphatic hydroxyl groups is 3. The second kappa shape index (κ2) is 3.35. The van der Waals surface area contributed by atoms with Gasteiger partial charge >= 0.3 is 0 Å². The standard InChI is InChI=1S/C6H10N2O4/c7-1-2-4(9)5(10)3(8)6(11)12-2/h2-6,9-11H,8H2/t2-,3-,4+,5-,6?/m1/s1. The van der Waals surface area contributed by atoms with Crippen LogP contribution in [0, 0.1) is 11.3 Å². The Hall–Kier alpha value is -0.710. The van der Waals surface area contributed by atoms with Crippen LogP contribution in [-0.4, -0.2) is 46.0 Å². The zero-order valence-corrected chi connectivity index (χ0v) is 6.16. The second-order valence-corrected chi connectivity index (χ2v) is 2.63. The summed E-state index contributed by atoms with van der Waals surface area (Å²) in [6.45, 7) is 0. The third kappa shape index (κ3) is 1.41. The number of aliphatic hydroxyl groups excluding tert-OH is 3. The lowest BCUT2D eigenvalue weighted by Crippen LogP contribution is -2.60. The summed E-state index contributed by atoms with van der Waals surface area (Å²) in [5.41, 5.74) is 5.23. The minimum atomic E-state index is -1.41. The summed E-state index contributed by atoms with van der Waals surface area (Å²) in [5, 5.41) is 35.7. The normalized spacial score (nSPS) is 48.4. The Bertz CT molecular complexity index is 204. The topological polar surface area (TPSA) is 120 Å². The van der Waals surface area contributed by atoms with Gasteiger partial charge in [0.15, 0.2) is 12.4 Å². The third-order valence-electron chi connectivity index (χ3n) is 1.80. The average molecular weight is 174 g/mol. The van der Waals surface area contributed by atoms with Crippen LogP contribution in [0.2, 0.25) is 0 Å². The van der Waals surface area contributed by atoms with Gasteiger partial charge in [0.1, 0.15) is 12.2 Å². The van der Waals surface area contributed by atoms with Crippen molar-refractivity contribution in [3.8, 4) is 6.07 Å². The molecule has 1 aliphatic rings. The van der Waals surface area contributed by atoms with Crippen molar-refractivity contribution in [1.29, 1.82) is 5.26 Å². The van der Waals surface area contributed by atoms with Gasteiger partial charge in [-0.25, -0.2) is 0 Å². The van der Waals surface area contributed by atoms with E-state index in [1.54, 1.807) is 6.07 Å². The Balaban J connectivity index is 2.72. The molecular formula is C6H10N2O4. The van der Waals surface area contributed by atoms with E-state index in [-0.39, 0.29) is 0 Å². The van der Waals surface area contributed by atoms with E-state index in [1.165, 1.54) is 0 Å². The molecule has 1 fully saturated rings. The highest BCUT2D eigenvalue weighted by molar-refractivity contribution is 5.00. The minimum Gasteiger partial charge on any atom is -0.388 e. The number of nitrogens with two attached hydrogens (primary N) is 1. The molecule has 68 valence electrons. The molecule has 0 saturated carbocycles. The van der Waals surface area contributed by atoms with Gasteiger partial charge in [-0.1, -0.05) is 0 Å². The van der Waals surface area contributed by atoms with Crippen LogP contribution in [0.4, 0.5) is 0 Å². The van der Waals surface area contributed by atoms with E-state index in [1.807, 2.05) is 0 Å². The summed E-state index contributed by atoms with van der Waals surface area (Å²) in [6, 6.07) is 0.508. The lowest BCUT2D eigenvalue weighted by Gasteiger charge is -2.35. The van der Waals surface area contributed by atoms with Crippen molar-refractivity contribution in [2.75, 3.05) is 0 Å². The first kappa shape index (κ1) is 9.38. The molecule has 0 radical (unpaired) electrons. The Kier molecular flexibility index (Phi) is 2.62. The Morgan fingerprint density at radius 1 is 1.25 bits per heavy atom. The molecule has 5 N–H and O–H groups in total. The van der Waals surface area contributed by atoms with Gasteiger partial charge < -0.3 is 25.8 Å². The van der Waals surface area contributed by atoms with E-state index >= 15 is 0 Å². The lowest BCUT2D eigenvalue weighted by molar-refractivity contribution is -0.226. The molecule has 6 heteroatoms. The Labute approximate surface area is 68.8 Å². The summed E-state index contributed by atoms with van der Waals surface area (Å²) < 4.78 is 4.59. The Morgan fingerprint density at radius 3 is 2.33 bits per heavy atom. The molecule has 1 heterocycles. The summed E-state index contributed by atoms with van der Waals surface area (Å²) in [4.78, 5) is 0. The van der Waals surface area contributed by atoms with Crippen molar-refractivity contribution in [2.24, 2.45) is 5.73 Å². The Morgan fingerprint density at radius 2 is 1.83 bits per heavy atom. The maximum atomic E-state index is 9.15. The van der Waals surface area contributed by atoms with Crippen molar-refractivity contribution < 1.29 is 20.1 Å². The van der Waals surface area contributed by atoms with Crippen LogP contribution in [-0.2, 0) is 4.74 Å². The molecule has 0 bridgehead atoms. The summed E-state index contributed by atoms with van der Waals surface area (Å²) >= 11 is 0. The largest absolute Gasteiger partial charge is 0.388 e. The van der Waals surface area contributed by atoms with Crippen LogP contribution in [0.5, 0.6) is 0 Å². The van der Waals surface area contributed by atoms with Crippen LogP contribution in [0.15, 0.2) is 0 Å². The SMILES string of the molecule is N#C[C@H]1OC(O)[C@H](N)[C@@H](O)[C@H]1O. The molecule has 0 aromatic heterocycles. The van der Waals surface area contributed by atoms with Gasteiger partial charge in [-0.15, -0.1) is 0 Å². The summed E-state index contributed by atoms with van der Waals surface area (Å²) in [5.74, 6) is 0. The molecule has 0 aromatic rings. The van der Waals surface area contributed by atoms with Gasteiger partial charge in [-0.05, 0) is 0 Å². The number of hydrogen-bond donors (Lipinski definition) is 4. The van der Waals surface area contributed by atoms with E-state index in [0.717, 1.165) is 0 Å². The number of nitriles is 1. The van der Waals surface area contributed by atoms with Crippen LogP contribution >= 0.6 is 0 Å². The molecule has 5 atom stereocenters. The maximum Gasteiger partial charge on any atom is 0.175 e. The predicted molar refractivity (Wildman–Crippen MR) is 36.5 cm³/mol. The predicted octanol–water partition coefficient (Wildman–Crippen LogP) is -2.72. The molecule has 12 heavy (non-hydrogen) atoms. The lowest BCUT2D eigenvalue weighted by atomic mass is 9.98. The molecule has 0 aliphatic carbocycles. The van der Waals surface area contributed by atoms with Crippen molar-refractivity contribution >= 4 is 0 Å². The molecule has 6 nitrogen and oxygen atoms in total. The molecule has 0 spiro atoms. The van der Waals surface area contributed by atoms with Gasteiger partial charge in [-0.2, -0.15) is 5.26 Å². The number of ether oxygens (including phenoxy) is 1. The highest BCUT2D eigenvalue weighted by atomic mass is 16.6. The molecule has 1 saturated heterocycles. The van der Waals surface area contributed by atoms with Crippen molar-refractivity contribution in [3.05, 3.63) is 0 Å². The summed E-state index contributed by atoms with van der Waals surface area (Å²) in [6.07, 6.45) is -5.34. The summed E-state index contributed by atoms with van der Waals surface area (Å²) in [7, 11) is 0. The van der Waals surface area contributed by atoms with E-state index < -0.39 is 30.6 Å². The monoisotopic (exact) mass is 174 g/mol. The fraction of sp³-hybridized carbons (Fsp3) is 0.833. The van der Waals surface area contributed by atoms with Crippen LogP contribution in [0.1, 0.15) is 0 Å². The third-order valence-corrected chi connectivity index (χ3v) is 1.80. The highest BCUT2D eigenvalue weighted by Crippen LogP contribution is 2.17. The van der Waals surface area contributed by atoms with Gasteiger partial charge in [0.25, 0.3) is 0 Å². The molecule has 0 aromatic carbocycles. The molecule has 1 rings (SSSR count). The molecular weight excluding hydrogens is 164 g/mol. The first-order valence-corrected chi connectivity index (χ1v) is 3.42. The maximum absolute atomic E-state index is 9.15. The smallest absolute Gasteiger partial charge is 0.175 e. The van der Waals surface area contributed by atoms with Crippen LogP contribution in [0.3, 0.4) is 0 Å². The average Bonchev–Trinajstić information content (AvgIpc) is 2.08. The molecule has 1 aliphatic heterocycles. The first-order valence-electron chi connectivity index (χ1n) is 3.42. The van der Waals surface area contributed by atoms with Crippen molar-refractivity contribution in [3.63, 3.8) is 0 Å². The van der Waals surface area contributed by atoms with Gasteiger partial charge in [0.05, 0.1) is 12.1 Å².